The molecular formula is C15H12FNOS. The second-order valence-corrected chi connectivity index (χ2v) is 5.62. The summed E-state index contributed by atoms with van der Waals surface area (Å²) in [5.41, 5.74) is 1.38. The molecule has 1 heterocycles. The quantitative estimate of drug-likeness (QED) is 0.850. The summed E-state index contributed by atoms with van der Waals surface area (Å²) in [6.07, 6.45) is 0.278. The number of hydrogen-bond donors (Lipinski definition) is 1. The van der Waals surface area contributed by atoms with Crippen molar-refractivity contribution in [3.63, 3.8) is 0 Å². The van der Waals surface area contributed by atoms with Crippen LogP contribution in [0.25, 0.3) is 0 Å². The maximum absolute atomic E-state index is 13.9. The fraction of sp³-hybridized carbons (Fsp3) is 0.133. The van der Waals surface area contributed by atoms with Crippen LogP contribution in [0, 0.1) is 5.82 Å². The van der Waals surface area contributed by atoms with Crippen molar-refractivity contribution >= 4 is 23.4 Å². The van der Waals surface area contributed by atoms with Gasteiger partial charge in [0.2, 0.25) is 5.91 Å². The molecular weight excluding hydrogens is 261 g/mol. The zero-order valence-electron chi connectivity index (χ0n) is 10.1. The molecule has 4 heteroatoms. The number of anilines is 1. The van der Waals surface area contributed by atoms with Crippen LogP contribution in [-0.2, 0) is 4.79 Å². The van der Waals surface area contributed by atoms with Gasteiger partial charge in [-0.05, 0) is 18.2 Å². The van der Waals surface area contributed by atoms with E-state index in [2.05, 4.69) is 5.32 Å². The summed E-state index contributed by atoms with van der Waals surface area (Å²) in [5.74, 6) is -0.335. The smallest absolute Gasteiger partial charge is 0.225 e. The van der Waals surface area contributed by atoms with E-state index in [1.165, 1.54) is 17.8 Å². The van der Waals surface area contributed by atoms with Crippen LogP contribution < -0.4 is 5.32 Å². The van der Waals surface area contributed by atoms with Crippen molar-refractivity contribution in [3.05, 3.63) is 59.9 Å². The molecule has 1 amide bonds. The highest BCUT2D eigenvalue weighted by Crippen LogP contribution is 2.43. The van der Waals surface area contributed by atoms with Crippen LogP contribution in [-0.4, -0.2) is 5.91 Å². The van der Waals surface area contributed by atoms with Gasteiger partial charge in [0, 0.05) is 22.1 Å². The number of rotatable bonds is 1. The van der Waals surface area contributed by atoms with Gasteiger partial charge in [-0.15, -0.1) is 11.8 Å². The molecule has 0 saturated carbocycles. The van der Waals surface area contributed by atoms with Crippen LogP contribution in [0.15, 0.2) is 53.4 Å². The summed E-state index contributed by atoms with van der Waals surface area (Å²) in [7, 11) is 0. The monoisotopic (exact) mass is 273 g/mol. The van der Waals surface area contributed by atoms with Crippen molar-refractivity contribution in [1.82, 2.24) is 0 Å². The molecule has 2 nitrogen and oxygen atoms in total. The van der Waals surface area contributed by atoms with Crippen LogP contribution in [0.2, 0.25) is 0 Å². The van der Waals surface area contributed by atoms with Crippen molar-refractivity contribution in [2.75, 3.05) is 5.32 Å². The van der Waals surface area contributed by atoms with Crippen LogP contribution in [0.5, 0.6) is 0 Å². The molecule has 0 aromatic heterocycles. The van der Waals surface area contributed by atoms with Crippen LogP contribution >= 0.6 is 11.8 Å². The third kappa shape index (κ3) is 2.49. The zero-order chi connectivity index (χ0) is 13.2. The van der Waals surface area contributed by atoms with Gasteiger partial charge in [-0.25, -0.2) is 4.39 Å². The first-order valence-corrected chi connectivity index (χ1v) is 6.92. The summed E-state index contributed by atoms with van der Waals surface area (Å²) in [4.78, 5) is 12.9. The topological polar surface area (TPSA) is 29.1 Å². The van der Waals surface area contributed by atoms with E-state index in [1.807, 2.05) is 24.3 Å². The fourth-order valence-corrected chi connectivity index (χ4v) is 3.41. The Hall–Kier alpha value is -1.81. The number of nitrogens with one attached hydrogen (secondary N) is 1. The summed E-state index contributed by atoms with van der Waals surface area (Å²) in [6.45, 7) is 0. The standard InChI is InChI=1S/C15H12FNOS/c16-11-6-2-1-5-10(11)14-9-15(18)17-12-7-3-4-8-13(12)19-14/h1-8,14H,9H2,(H,17,18)/t14-/m0/s1. The highest BCUT2D eigenvalue weighted by molar-refractivity contribution is 7.99. The highest BCUT2D eigenvalue weighted by atomic mass is 32.2. The zero-order valence-corrected chi connectivity index (χ0v) is 10.9. The molecule has 1 N–H and O–H groups in total. The first-order chi connectivity index (χ1) is 9.24. The lowest BCUT2D eigenvalue weighted by Crippen LogP contribution is -2.12. The molecule has 96 valence electrons. The number of para-hydroxylation sites is 1. The first-order valence-electron chi connectivity index (χ1n) is 6.04. The van der Waals surface area contributed by atoms with Crippen LogP contribution in [0.1, 0.15) is 17.2 Å². The van der Waals surface area contributed by atoms with Gasteiger partial charge in [0.15, 0.2) is 0 Å². The Balaban J connectivity index is 2.01. The molecule has 0 saturated heterocycles. The van der Waals surface area contributed by atoms with Crippen molar-refractivity contribution in [1.29, 1.82) is 0 Å². The summed E-state index contributed by atoms with van der Waals surface area (Å²) in [6, 6.07) is 14.2. The van der Waals surface area contributed by atoms with Gasteiger partial charge in [0.25, 0.3) is 0 Å². The Labute approximate surface area is 115 Å². The van der Waals surface area contributed by atoms with Gasteiger partial charge in [-0.2, -0.15) is 0 Å². The Morgan fingerprint density at radius 3 is 2.68 bits per heavy atom. The first kappa shape index (κ1) is 12.2. The molecule has 0 bridgehead atoms. The average Bonchev–Trinajstić information content (AvgIpc) is 2.57. The molecule has 1 aliphatic heterocycles. The minimum atomic E-state index is -0.257. The van der Waals surface area contributed by atoms with E-state index in [0.29, 0.717) is 5.56 Å². The predicted octanol–water partition coefficient (Wildman–Crippen LogP) is 4.00. The Bertz CT molecular complexity index is 629. The lowest BCUT2D eigenvalue weighted by molar-refractivity contribution is -0.116. The average molecular weight is 273 g/mol. The number of halogens is 1. The molecule has 0 radical (unpaired) electrons. The van der Waals surface area contributed by atoms with Gasteiger partial charge in [-0.1, -0.05) is 30.3 Å². The summed E-state index contributed by atoms with van der Waals surface area (Å²) >= 11 is 1.53. The lowest BCUT2D eigenvalue weighted by Gasteiger charge is -2.14. The predicted molar refractivity (Wildman–Crippen MR) is 74.7 cm³/mol. The Kier molecular flexibility index (Phi) is 3.25. The Morgan fingerprint density at radius 2 is 1.84 bits per heavy atom. The number of thioether (sulfide) groups is 1. The SMILES string of the molecule is O=C1C[C@@H](c2ccccc2F)Sc2ccccc2N1. The number of hydrogen-bond acceptors (Lipinski definition) is 2. The maximum Gasteiger partial charge on any atom is 0.225 e. The second-order valence-electron chi connectivity index (χ2n) is 4.38. The van der Waals surface area contributed by atoms with Crippen molar-refractivity contribution < 1.29 is 9.18 Å². The third-order valence-electron chi connectivity index (χ3n) is 3.05. The van der Waals surface area contributed by atoms with Gasteiger partial charge >= 0.3 is 0 Å². The van der Waals surface area contributed by atoms with Crippen LogP contribution in [0.3, 0.4) is 0 Å². The molecule has 2 aromatic rings. The minimum absolute atomic E-state index is 0.0781. The van der Waals surface area contributed by atoms with E-state index in [9.17, 15) is 9.18 Å². The van der Waals surface area contributed by atoms with E-state index in [-0.39, 0.29) is 23.4 Å². The summed E-state index contributed by atoms with van der Waals surface area (Å²) < 4.78 is 13.9. The van der Waals surface area contributed by atoms with Gasteiger partial charge < -0.3 is 5.32 Å². The molecule has 3 rings (SSSR count). The molecule has 2 aromatic carbocycles. The second kappa shape index (κ2) is 5.05. The van der Waals surface area contributed by atoms with Gasteiger partial charge in [-0.3, -0.25) is 4.79 Å². The maximum atomic E-state index is 13.9. The van der Waals surface area contributed by atoms with E-state index in [1.54, 1.807) is 18.2 Å². The summed E-state index contributed by atoms with van der Waals surface area (Å²) in [5, 5.41) is 2.67. The largest absolute Gasteiger partial charge is 0.325 e. The van der Waals surface area contributed by atoms with E-state index < -0.39 is 0 Å². The molecule has 1 atom stereocenters. The molecule has 0 unspecified atom stereocenters. The molecule has 0 fully saturated rings. The highest BCUT2D eigenvalue weighted by Gasteiger charge is 2.25. The third-order valence-corrected chi connectivity index (χ3v) is 4.37. The number of amides is 1. The Morgan fingerprint density at radius 1 is 1.11 bits per heavy atom. The van der Waals surface area contributed by atoms with Crippen molar-refractivity contribution in [3.8, 4) is 0 Å². The lowest BCUT2D eigenvalue weighted by atomic mass is 10.1. The molecule has 19 heavy (non-hydrogen) atoms. The number of carbonyl (C=O) groups is 1. The fourth-order valence-electron chi connectivity index (χ4n) is 2.15. The molecule has 0 spiro atoms. The van der Waals surface area contributed by atoms with Crippen molar-refractivity contribution in [2.45, 2.75) is 16.6 Å². The number of benzene rings is 2. The normalized spacial score (nSPS) is 18.4. The van der Waals surface area contributed by atoms with Gasteiger partial charge in [0.05, 0.1) is 5.69 Å². The number of fused-ring (bicyclic) bond motifs is 1. The number of carbonyl (C=O) groups excluding carboxylic acids is 1. The van der Waals surface area contributed by atoms with Crippen LogP contribution in [0.4, 0.5) is 10.1 Å². The molecule has 1 aliphatic rings. The van der Waals surface area contributed by atoms with E-state index in [0.717, 1.165) is 10.6 Å². The van der Waals surface area contributed by atoms with E-state index >= 15 is 0 Å². The van der Waals surface area contributed by atoms with Crippen molar-refractivity contribution in [2.24, 2.45) is 0 Å². The van der Waals surface area contributed by atoms with Gasteiger partial charge in [0.1, 0.15) is 5.82 Å². The van der Waals surface area contributed by atoms with E-state index in [4.69, 9.17) is 0 Å². The minimum Gasteiger partial charge on any atom is -0.325 e. The molecule has 0 aliphatic carbocycles.